The van der Waals surface area contributed by atoms with Crippen molar-refractivity contribution in [3.63, 3.8) is 0 Å². The van der Waals surface area contributed by atoms with Crippen LogP contribution in [0.1, 0.15) is 42.5 Å². The first-order valence-electron chi connectivity index (χ1n) is 12.5. The van der Waals surface area contributed by atoms with Crippen LogP contribution in [-0.2, 0) is 29.0 Å². The van der Waals surface area contributed by atoms with Gasteiger partial charge < -0.3 is 15.0 Å². The quantitative estimate of drug-likeness (QED) is 0.307. The summed E-state index contributed by atoms with van der Waals surface area (Å²) >= 11 is 3.55. The Labute approximate surface area is 223 Å². The molecule has 5 nitrogen and oxygen atoms in total. The smallest absolute Gasteiger partial charge is 0.261 e. The monoisotopic (exact) mass is 550 g/mol. The van der Waals surface area contributed by atoms with Gasteiger partial charge in [0.1, 0.15) is 11.8 Å². The van der Waals surface area contributed by atoms with Crippen molar-refractivity contribution in [3.8, 4) is 5.75 Å². The van der Waals surface area contributed by atoms with Crippen LogP contribution < -0.4 is 10.1 Å². The van der Waals surface area contributed by atoms with Gasteiger partial charge >= 0.3 is 0 Å². The fourth-order valence-electron chi connectivity index (χ4n) is 4.03. The van der Waals surface area contributed by atoms with Crippen LogP contribution in [0.4, 0.5) is 0 Å². The van der Waals surface area contributed by atoms with Gasteiger partial charge in [0.15, 0.2) is 6.61 Å². The minimum atomic E-state index is -0.665. The zero-order valence-electron chi connectivity index (χ0n) is 21.3. The number of hydrogen-bond donors (Lipinski definition) is 1. The molecule has 1 unspecified atom stereocenters. The molecule has 0 aliphatic carbocycles. The van der Waals surface area contributed by atoms with Crippen molar-refractivity contribution in [2.24, 2.45) is 0 Å². The molecule has 6 heteroatoms. The van der Waals surface area contributed by atoms with Crippen molar-refractivity contribution in [1.29, 1.82) is 0 Å². The van der Waals surface area contributed by atoms with E-state index < -0.39 is 6.04 Å². The van der Waals surface area contributed by atoms with Crippen LogP contribution in [0.3, 0.4) is 0 Å². The maximum atomic E-state index is 13.7. The molecule has 0 aromatic heterocycles. The van der Waals surface area contributed by atoms with E-state index in [0.717, 1.165) is 34.0 Å². The van der Waals surface area contributed by atoms with Gasteiger partial charge in [-0.3, -0.25) is 9.59 Å². The van der Waals surface area contributed by atoms with Crippen LogP contribution >= 0.6 is 15.9 Å². The number of nitrogens with zero attached hydrogens (tertiary/aromatic N) is 1. The number of halogens is 1. The van der Waals surface area contributed by atoms with E-state index >= 15 is 0 Å². The van der Waals surface area contributed by atoms with E-state index in [0.29, 0.717) is 25.3 Å². The van der Waals surface area contributed by atoms with Gasteiger partial charge in [-0.25, -0.2) is 0 Å². The SMILES string of the molecule is CCCNC(=O)C(Cc1ccccc1)N(Cc1cccc(C)c1)C(=O)COc1ccc(CC)cc1Br. The first-order chi connectivity index (χ1) is 17.4. The predicted octanol–water partition coefficient (Wildman–Crippen LogP) is 5.87. The second-order valence-electron chi connectivity index (χ2n) is 8.91. The minimum absolute atomic E-state index is 0.157. The standard InChI is InChI=1S/C30H35BrN2O3/c1-4-16-32-30(35)27(19-24-11-7-6-8-12-24)33(20-25-13-9-10-22(3)17-25)29(34)21-36-28-15-14-23(5-2)18-26(28)31/h6-15,17-18,27H,4-5,16,19-21H2,1-3H3,(H,32,35). The van der Waals surface area contributed by atoms with Crippen molar-refractivity contribution in [3.05, 3.63) is 99.5 Å². The Hall–Kier alpha value is -3.12. The second kappa shape index (κ2) is 13.8. The van der Waals surface area contributed by atoms with Crippen LogP contribution in [0.5, 0.6) is 5.75 Å². The lowest BCUT2D eigenvalue weighted by atomic mass is 10.0. The fourth-order valence-corrected chi connectivity index (χ4v) is 4.57. The number of rotatable bonds is 12. The molecule has 3 rings (SSSR count). The van der Waals surface area contributed by atoms with Crippen LogP contribution in [0.2, 0.25) is 0 Å². The molecule has 0 spiro atoms. The predicted molar refractivity (Wildman–Crippen MR) is 148 cm³/mol. The van der Waals surface area contributed by atoms with Crippen LogP contribution in [0.15, 0.2) is 77.3 Å². The highest BCUT2D eigenvalue weighted by Gasteiger charge is 2.30. The van der Waals surface area contributed by atoms with Crippen molar-refractivity contribution in [1.82, 2.24) is 10.2 Å². The average Bonchev–Trinajstić information content (AvgIpc) is 2.89. The third-order valence-corrected chi connectivity index (χ3v) is 6.63. The van der Waals surface area contributed by atoms with Crippen molar-refractivity contribution >= 4 is 27.7 Å². The number of amides is 2. The van der Waals surface area contributed by atoms with Gasteiger partial charge in [-0.05, 0) is 64.5 Å². The maximum absolute atomic E-state index is 13.7. The average molecular weight is 552 g/mol. The molecule has 0 aliphatic rings. The molecule has 1 atom stereocenters. The van der Waals surface area contributed by atoms with E-state index in [1.807, 2.05) is 86.6 Å². The van der Waals surface area contributed by atoms with E-state index in [9.17, 15) is 9.59 Å². The Bertz CT molecular complexity index is 1150. The largest absolute Gasteiger partial charge is 0.483 e. The molecular formula is C30H35BrN2O3. The topological polar surface area (TPSA) is 58.6 Å². The molecule has 3 aromatic rings. The summed E-state index contributed by atoms with van der Waals surface area (Å²) in [5.41, 5.74) is 4.25. The zero-order valence-corrected chi connectivity index (χ0v) is 22.9. The number of ether oxygens (including phenoxy) is 1. The summed E-state index contributed by atoms with van der Waals surface area (Å²) in [6.45, 7) is 6.83. The molecule has 1 N–H and O–H groups in total. The number of nitrogens with one attached hydrogen (secondary N) is 1. The Kier molecular flexibility index (Phi) is 10.6. The van der Waals surface area contributed by atoms with Gasteiger partial charge in [-0.2, -0.15) is 0 Å². The molecule has 0 radical (unpaired) electrons. The summed E-state index contributed by atoms with van der Waals surface area (Å²) < 4.78 is 6.74. The van der Waals surface area contributed by atoms with Crippen molar-refractivity contribution in [2.45, 2.75) is 52.6 Å². The number of carbonyl (C=O) groups is 2. The van der Waals surface area contributed by atoms with E-state index in [1.54, 1.807) is 4.90 Å². The molecule has 0 heterocycles. The van der Waals surface area contributed by atoms with E-state index in [-0.39, 0.29) is 18.4 Å². The molecule has 0 saturated heterocycles. The lowest BCUT2D eigenvalue weighted by molar-refractivity contribution is -0.142. The van der Waals surface area contributed by atoms with Gasteiger partial charge in [-0.15, -0.1) is 0 Å². The van der Waals surface area contributed by atoms with Gasteiger partial charge in [0.2, 0.25) is 5.91 Å². The third-order valence-electron chi connectivity index (χ3n) is 6.01. The van der Waals surface area contributed by atoms with E-state index in [4.69, 9.17) is 4.74 Å². The van der Waals surface area contributed by atoms with Crippen LogP contribution in [0.25, 0.3) is 0 Å². The Morgan fingerprint density at radius 2 is 1.69 bits per heavy atom. The first-order valence-corrected chi connectivity index (χ1v) is 13.3. The minimum Gasteiger partial charge on any atom is -0.483 e. The molecular weight excluding hydrogens is 516 g/mol. The molecule has 3 aromatic carbocycles. The molecule has 0 aliphatic heterocycles. The Morgan fingerprint density at radius 3 is 2.36 bits per heavy atom. The van der Waals surface area contributed by atoms with E-state index in [1.165, 1.54) is 5.56 Å². The number of aryl methyl sites for hydroxylation is 2. The molecule has 0 fully saturated rings. The molecule has 190 valence electrons. The summed E-state index contributed by atoms with van der Waals surface area (Å²) in [5, 5.41) is 3.00. The van der Waals surface area contributed by atoms with E-state index in [2.05, 4.69) is 28.2 Å². The van der Waals surface area contributed by atoms with Crippen molar-refractivity contribution < 1.29 is 14.3 Å². The molecule has 0 bridgehead atoms. The van der Waals surface area contributed by atoms with Crippen LogP contribution in [0, 0.1) is 6.92 Å². The normalized spacial score (nSPS) is 11.6. The molecule has 2 amide bonds. The summed E-state index contributed by atoms with van der Waals surface area (Å²) in [6, 6.07) is 23.0. The number of benzene rings is 3. The summed E-state index contributed by atoms with van der Waals surface area (Å²) in [4.78, 5) is 28.7. The van der Waals surface area contributed by atoms with Gasteiger partial charge in [-0.1, -0.05) is 80.1 Å². The van der Waals surface area contributed by atoms with Crippen molar-refractivity contribution in [2.75, 3.05) is 13.2 Å². The molecule has 0 saturated carbocycles. The summed E-state index contributed by atoms with van der Waals surface area (Å²) in [5.74, 6) is 0.205. The summed E-state index contributed by atoms with van der Waals surface area (Å²) in [6.07, 6.45) is 2.15. The maximum Gasteiger partial charge on any atom is 0.261 e. The molecule has 36 heavy (non-hydrogen) atoms. The highest BCUT2D eigenvalue weighted by Crippen LogP contribution is 2.26. The third kappa shape index (κ3) is 7.95. The van der Waals surface area contributed by atoms with Gasteiger partial charge in [0.25, 0.3) is 5.91 Å². The first kappa shape index (κ1) is 27.5. The number of hydrogen-bond acceptors (Lipinski definition) is 3. The second-order valence-corrected chi connectivity index (χ2v) is 9.77. The Morgan fingerprint density at radius 1 is 0.944 bits per heavy atom. The van der Waals surface area contributed by atoms with Crippen LogP contribution in [-0.4, -0.2) is 35.9 Å². The Balaban J connectivity index is 1.89. The summed E-state index contributed by atoms with van der Waals surface area (Å²) in [7, 11) is 0. The van der Waals surface area contributed by atoms with Gasteiger partial charge in [0, 0.05) is 19.5 Å². The highest BCUT2D eigenvalue weighted by atomic mass is 79.9. The number of carbonyl (C=O) groups excluding carboxylic acids is 2. The lowest BCUT2D eigenvalue weighted by Crippen LogP contribution is -2.51. The highest BCUT2D eigenvalue weighted by molar-refractivity contribution is 9.10. The zero-order chi connectivity index (χ0) is 25.9. The lowest BCUT2D eigenvalue weighted by Gasteiger charge is -2.31. The fraction of sp³-hybridized carbons (Fsp3) is 0.333. The van der Waals surface area contributed by atoms with Gasteiger partial charge in [0.05, 0.1) is 4.47 Å².